The molecule has 0 aromatic heterocycles. The Kier molecular flexibility index (Phi) is 9.50. The van der Waals surface area contributed by atoms with Crippen molar-refractivity contribution in [2.75, 3.05) is 13.1 Å². The summed E-state index contributed by atoms with van der Waals surface area (Å²) in [5.74, 6) is -3.90. The first-order chi connectivity index (χ1) is 8.00. The largest absolute Gasteiger partial charge is 0.319 e. The third-order valence-corrected chi connectivity index (χ3v) is 2.64. The van der Waals surface area contributed by atoms with Crippen LogP contribution in [0, 0.1) is 0 Å². The molecule has 5 heteroatoms. The second-order valence-electron chi connectivity index (χ2n) is 4.36. The van der Waals surface area contributed by atoms with E-state index in [4.69, 9.17) is 0 Å². The minimum absolute atomic E-state index is 0.385. The number of unbranched alkanes of at least 4 members (excludes halogenated alkanes) is 6. The van der Waals surface area contributed by atoms with E-state index in [2.05, 4.69) is 12.2 Å². The summed E-state index contributed by atoms with van der Waals surface area (Å²) in [6, 6.07) is 0. The molecule has 0 saturated heterocycles. The molecule has 0 saturated carbocycles. The molecule has 1 N–H and O–H groups in total. The predicted octanol–water partition coefficient (Wildman–Crippen LogP) is 4.23. The van der Waals surface area contributed by atoms with Crippen molar-refractivity contribution < 1.29 is 17.6 Å². The number of alkyl halides is 4. The Bertz CT molecular complexity index is 174. The zero-order valence-corrected chi connectivity index (χ0v) is 10.5. The van der Waals surface area contributed by atoms with Crippen LogP contribution in [0.5, 0.6) is 0 Å². The quantitative estimate of drug-likeness (QED) is 0.431. The van der Waals surface area contributed by atoms with Gasteiger partial charge in [0.1, 0.15) is 0 Å². The Morgan fingerprint density at radius 1 is 0.941 bits per heavy atom. The van der Waals surface area contributed by atoms with Crippen molar-refractivity contribution >= 4 is 0 Å². The molecule has 104 valence electrons. The molecule has 0 aliphatic rings. The van der Waals surface area contributed by atoms with E-state index in [1.807, 2.05) is 0 Å². The van der Waals surface area contributed by atoms with Gasteiger partial charge in [0, 0.05) is 0 Å². The second kappa shape index (κ2) is 9.68. The molecular weight excluding hydrogens is 234 g/mol. The summed E-state index contributed by atoms with van der Waals surface area (Å²) in [5.41, 5.74) is 0. The summed E-state index contributed by atoms with van der Waals surface area (Å²) >= 11 is 0. The highest BCUT2D eigenvalue weighted by Gasteiger charge is 2.39. The molecule has 17 heavy (non-hydrogen) atoms. The molecule has 0 atom stereocenters. The molecule has 0 aliphatic carbocycles. The maximum absolute atomic E-state index is 12.4. The summed E-state index contributed by atoms with van der Waals surface area (Å²) in [6.45, 7) is 1.60. The summed E-state index contributed by atoms with van der Waals surface area (Å²) in [4.78, 5) is 0. The van der Waals surface area contributed by atoms with E-state index in [0.29, 0.717) is 6.54 Å². The van der Waals surface area contributed by atoms with Crippen LogP contribution >= 0.6 is 0 Å². The standard InChI is InChI=1S/C12H23F4N/c1-2-3-4-5-6-7-8-9-17-10-12(15,16)11(13)14/h11,17H,2-10H2,1H3. The van der Waals surface area contributed by atoms with Crippen LogP contribution < -0.4 is 5.32 Å². The van der Waals surface area contributed by atoms with Crippen molar-refractivity contribution in [3.05, 3.63) is 0 Å². The molecule has 0 aromatic carbocycles. The van der Waals surface area contributed by atoms with Crippen molar-refractivity contribution in [3.8, 4) is 0 Å². The second-order valence-corrected chi connectivity index (χ2v) is 4.36. The van der Waals surface area contributed by atoms with Gasteiger partial charge >= 0.3 is 12.3 Å². The lowest BCUT2D eigenvalue weighted by atomic mass is 10.1. The van der Waals surface area contributed by atoms with Gasteiger partial charge in [-0.2, -0.15) is 8.78 Å². The van der Waals surface area contributed by atoms with Gasteiger partial charge in [0.05, 0.1) is 6.54 Å². The Morgan fingerprint density at radius 3 is 2.00 bits per heavy atom. The van der Waals surface area contributed by atoms with Crippen molar-refractivity contribution in [1.82, 2.24) is 5.32 Å². The lowest BCUT2D eigenvalue weighted by Crippen LogP contribution is -2.39. The first-order valence-corrected chi connectivity index (χ1v) is 6.37. The van der Waals surface area contributed by atoms with E-state index in [-0.39, 0.29) is 0 Å². The number of rotatable bonds is 11. The van der Waals surface area contributed by atoms with Crippen LogP contribution in [0.2, 0.25) is 0 Å². The van der Waals surface area contributed by atoms with Gasteiger partial charge in [-0.1, -0.05) is 45.4 Å². The molecule has 0 bridgehead atoms. The average Bonchev–Trinajstić information content (AvgIpc) is 2.26. The fourth-order valence-electron chi connectivity index (χ4n) is 1.54. The molecule has 0 unspecified atom stereocenters. The van der Waals surface area contributed by atoms with E-state index >= 15 is 0 Å². The molecular formula is C12H23F4N. The third-order valence-electron chi connectivity index (χ3n) is 2.64. The molecule has 0 rings (SSSR count). The van der Waals surface area contributed by atoms with Gasteiger partial charge in [-0.05, 0) is 13.0 Å². The maximum atomic E-state index is 12.4. The molecule has 0 radical (unpaired) electrons. The average molecular weight is 257 g/mol. The van der Waals surface area contributed by atoms with Crippen molar-refractivity contribution in [3.63, 3.8) is 0 Å². The molecule has 0 aromatic rings. The summed E-state index contributed by atoms with van der Waals surface area (Å²) < 4.78 is 48.4. The van der Waals surface area contributed by atoms with Gasteiger partial charge in [0.25, 0.3) is 0 Å². The highest BCUT2D eigenvalue weighted by molar-refractivity contribution is 4.71. The van der Waals surface area contributed by atoms with Gasteiger partial charge < -0.3 is 5.32 Å². The van der Waals surface area contributed by atoms with Gasteiger partial charge in [0.15, 0.2) is 0 Å². The topological polar surface area (TPSA) is 12.0 Å². The van der Waals surface area contributed by atoms with Crippen LogP contribution in [0.25, 0.3) is 0 Å². The minimum Gasteiger partial charge on any atom is -0.311 e. The third kappa shape index (κ3) is 9.39. The Labute approximate surface area is 101 Å². The fourth-order valence-corrected chi connectivity index (χ4v) is 1.54. The normalized spacial score (nSPS) is 12.4. The SMILES string of the molecule is CCCCCCCCCNCC(F)(F)C(F)F. The van der Waals surface area contributed by atoms with Crippen LogP contribution in [-0.4, -0.2) is 25.4 Å². The molecule has 0 fully saturated rings. The zero-order chi connectivity index (χ0) is 13.1. The smallest absolute Gasteiger partial charge is 0.311 e. The molecule has 0 heterocycles. The minimum atomic E-state index is -3.90. The van der Waals surface area contributed by atoms with E-state index in [1.165, 1.54) is 25.7 Å². The van der Waals surface area contributed by atoms with Crippen LogP contribution in [0.4, 0.5) is 17.6 Å². The number of hydrogen-bond donors (Lipinski definition) is 1. The van der Waals surface area contributed by atoms with Crippen LogP contribution in [0.1, 0.15) is 51.9 Å². The molecule has 0 amide bonds. The van der Waals surface area contributed by atoms with Crippen LogP contribution in [0.3, 0.4) is 0 Å². The first-order valence-electron chi connectivity index (χ1n) is 6.37. The number of halogens is 4. The monoisotopic (exact) mass is 257 g/mol. The van der Waals surface area contributed by atoms with Crippen LogP contribution in [-0.2, 0) is 0 Å². The van der Waals surface area contributed by atoms with Crippen molar-refractivity contribution in [2.45, 2.75) is 64.2 Å². The predicted molar refractivity (Wildman–Crippen MR) is 61.8 cm³/mol. The maximum Gasteiger partial charge on any atom is 0.319 e. The highest BCUT2D eigenvalue weighted by Crippen LogP contribution is 2.21. The van der Waals surface area contributed by atoms with E-state index in [1.54, 1.807) is 0 Å². The molecule has 1 nitrogen and oxygen atoms in total. The summed E-state index contributed by atoms with van der Waals surface area (Å²) in [6.07, 6.45) is 4.07. The Hall–Kier alpha value is -0.320. The van der Waals surface area contributed by atoms with Gasteiger partial charge in [-0.3, -0.25) is 0 Å². The van der Waals surface area contributed by atoms with Crippen molar-refractivity contribution in [2.24, 2.45) is 0 Å². The first kappa shape index (κ1) is 16.7. The lowest BCUT2D eigenvalue weighted by molar-refractivity contribution is -0.125. The summed E-state index contributed by atoms with van der Waals surface area (Å²) in [5, 5.41) is 2.38. The molecule has 0 spiro atoms. The van der Waals surface area contributed by atoms with Gasteiger partial charge in [-0.15, -0.1) is 0 Å². The van der Waals surface area contributed by atoms with E-state index in [9.17, 15) is 17.6 Å². The molecule has 0 aliphatic heterocycles. The van der Waals surface area contributed by atoms with Crippen molar-refractivity contribution in [1.29, 1.82) is 0 Å². The van der Waals surface area contributed by atoms with E-state index < -0.39 is 18.9 Å². The van der Waals surface area contributed by atoms with Crippen LogP contribution in [0.15, 0.2) is 0 Å². The lowest BCUT2D eigenvalue weighted by Gasteiger charge is -2.15. The number of nitrogens with one attached hydrogen (secondary N) is 1. The fraction of sp³-hybridized carbons (Fsp3) is 1.00. The van der Waals surface area contributed by atoms with Gasteiger partial charge in [0.2, 0.25) is 0 Å². The Morgan fingerprint density at radius 2 is 1.47 bits per heavy atom. The van der Waals surface area contributed by atoms with Gasteiger partial charge in [-0.25, -0.2) is 8.78 Å². The Balaban J connectivity index is 3.24. The number of hydrogen-bond acceptors (Lipinski definition) is 1. The highest BCUT2D eigenvalue weighted by atomic mass is 19.3. The van der Waals surface area contributed by atoms with E-state index in [0.717, 1.165) is 19.3 Å². The zero-order valence-electron chi connectivity index (χ0n) is 10.5. The summed E-state index contributed by atoms with van der Waals surface area (Å²) in [7, 11) is 0.